The van der Waals surface area contributed by atoms with Gasteiger partial charge in [-0.3, -0.25) is 0 Å². The fourth-order valence-corrected chi connectivity index (χ4v) is 1.68. The van der Waals surface area contributed by atoms with Crippen LogP contribution in [0.15, 0.2) is 0 Å². The molecule has 0 heterocycles. The zero-order chi connectivity index (χ0) is 8.36. The molecule has 0 amide bonds. The summed E-state index contributed by atoms with van der Waals surface area (Å²) < 4.78 is 0. The molecule has 0 aromatic rings. The minimum atomic E-state index is 0.765. The van der Waals surface area contributed by atoms with Gasteiger partial charge in [0.15, 0.2) is 0 Å². The van der Waals surface area contributed by atoms with E-state index >= 15 is 0 Å². The van der Waals surface area contributed by atoms with Crippen LogP contribution in [0.3, 0.4) is 0 Å². The minimum Gasteiger partial charge on any atom is -0.303 e. The molecule has 0 radical (unpaired) electrons. The highest BCUT2D eigenvalue weighted by atomic mass is 28.1. The van der Waals surface area contributed by atoms with Crippen molar-refractivity contribution in [3.63, 3.8) is 0 Å². The Labute approximate surface area is 73.0 Å². The Balaban J connectivity index is 2.74. The number of hydrogen-bond acceptors (Lipinski definition) is 1. The highest BCUT2D eigenvalue weighted by Gasteiger charge is 1.89. The van der Waals surface area contributed by atoms with E-state index in [2.05, 4.69) is 0 Å². The monoisotopic (exact) mass is 172 g/mol. The molecule has 0 aliphatic heterocycles. The van der Waals surface area contributed by atoms with E-state index in [1.807, 2.05) is 0 Å². The van der Waals surface area contributed by atoms with Crippen LogP contribution in [0, 0.1) is 0 Å². The molecule has 0 atom stereocenters. The lowest BCUT2D eigenvalue weighted by Crippen LogP contribution is -1.80. The van der Waals surface area contributed by atoms with Crippen LogP contribution in [0.1, 0.15) is 44.9 Å². The van der Waals surface area contributed by atoms with Gasteiger partial charge in [-0.05, 0) is 6.42 Å². The van der Waals surface area contributed by atoms with Gasteiger partial charge in [-0.15, -0.1) is 0 Å². The molecule has 0 unspecified atom stereocenters. The number of unbranched alkanes of at least 4 members (excludes halogenated alkanes) is 6. The molecule has 0 aliphatic rings. The van der Waals surface area contributed by atoms with Crippen LogP contribution >= 0.6 is 0 Å². The van der Waals surface area contributed by atoms with Gasteiger partial charge in [-0.2, -0.15) is 0 Å². The molecule has 0 saturated carbocycles. The first-order chi connectivity index (χ1) is 5.41. The molecule has 11 heavy (non-hydrogen) atoms. The summed E-state index contributed by atoms with van der Waals surface area (Å²) in [5.41, 5.74) is 0. The molecule has 0 aliphatic carbocycles. The zero-order valence-electron chi connectivity index (χ0n) is 7.64. The van der Waals surface area contributed by atoms with Gasteiger partial charge < -0.3 is 4.79 Å². The van der Waals surface area contributed by atoms with Crippen LogP contribution in [0.5, 0.6) is 0 Å². The standard InChI is InChI=1S/C9H20OSi/c10-8-6-4-2-1-3-5-7-9-11/h8H,1-7,9H2,11H3. The van der Waals surface area contributed by atoms with Gasteiger partial charge in [0.25, 0.3) is 0 Å². The Hall–Kier alpha value is -0.113. The Morgan fingerprint density at radius 2 is 1.45 bits per heavy atom. The summed E-state index contributed by atoms with van der Waals surface area (Å²) in [5, 5.41) is 0. The molecule has 0 N–H and O–H groups in total. The molecule has 0 spiro atoms. The van der Waals surface area contributed by atoms with Crippen molar-refractivity contribution in [3.05, 3.63) is 0 Å². The fourth-order valence-electron chi connectivity index (χ4n) is 1.18. The largest absolute Gasteiger partial charge is 0.303 e. The van der Waals surface area contributed by atoms with E-state index in [0.29, 0.717) is 0 Å². The van der Waals surface area contributed by atoms with Crippen molar-refractivity contribution in [2.75, 3.05) is 0 Å². The Kier molecular flexibility index (Phi) is 9.79. The summed E-state index contributed by atoms with van der Waals surface area (Å²) in [5.74, 6) is 0. The van der Waals surface area contributed by atoms with Crippen LogP contribution in [0.25, 0.3) is 0 Å². The topological polar surface area (TPSA) is 17.1 Å². The van der Waals surface area contributed by atoms with Crippen molar-refractivity contribution in [3.8, 4) is 0 Å². The number of carbonyl (C=O) groups excluding carboxylic acids is 1. The van der Waals surface area contributed by atoms with E-state index in [1.54, 1.807) is 0 Å². The van der Waals surface area contributed by atoms with Gasteiger partial charge in [0.05, 0.1) is 0 Å². The maximum Gasteiger partial charge on any atom is 0.119 e. The second kappa shape index (κ2) is 9.89. The van der Waals surface area contributed by atoms with E-state index in [4.69, 9.17) is 0 Å². The lowest BCUT2D eigenvalue weighted by molar-refractivity contribution is -0.107. The van der Waals surface area contributed by atoms with Gasteiger partial charge in [-0.25, -0.2) is 0 Å². The van der Waals surface area contributed by atoms with Crippen molar-refractivity contribution in [2.24, 2.45) is 0 Å². The summed E-state index contributed by atoms with van der Waals surface area (Å²) in [6, 6.07) is 1.45. The molecule has 1 nitrogen and oxygen atoms in total. The van der Waals surface area contributed by atoms with Gasteiger partial charge in [0, 0.05) is 16.7 Å². The van der Waals surface area contributed by atoms with Gasteiger partial charge in [0.1, 0.15) is 6.29 Å². The van der Waals surface area contributed by atoms with Gasteiger partial charge >= 0.3 is 0 Å². The number of rotatable bonds is 8. The Morgan fingerprint density at radius 3 is 2.00 bits per heavy atom. The third-order valence-electron chi connectivity index (χ3n) is 1.93. The molecule has 0 saturated heterocycles. The first-order valence-corrected chi connectivity index (χ1v) is 6.27. The fraction of sp³-hybridized carbons (Fsp3) is 0.889. The maximum absolute atomic E-state index is 9.94. The van der Waals surface area contributed by atoms with Crippen molar-refractivity contribution in [1.82, 2.24) is 0 Å². The predicted octanol–water partition coefficient (Wildman–Crippen LogP) is 1.70. The average Bonchev–Trinajstić information content (AvgIpc) is 2.03. The van der Waals surface area contributed by atoms with E-state index in [-0.39, 0.29) is 0 Å². The van der Waals surface area contributed by atoms with Crippen LogP contribution in [-0.2, 0) is 4.79 Å². The third-order valence-corrected chi connectivity index (χ3v) is 2.63. The van der Waals surface area contributed by atoms with Crippen molar-refractivity contribution in [2.45, 2.75) is 51.0 Å². The quantitative estimate of drug-likeness (QED) is 0.309. The number of aldehydes is 1. The zero-order valence-corrected chi connectivity index (χ0v) is 9.64. The molecular weight excluding hydrogens is 152 g/mol. The second-order valence-electron chi connectivity index (χ2n) is 3.08. The third kappa shape index (κ3) is 9.89. The molecular formula is C9H20OSi. The molecule has 0 aromatic carbocycles. The molecule has 0 fully saturated rings. The van der Waals surface area contributed by atoms with Crippen molar-refractivity contribution >= 4 is 16.5 Å². The van der Waals surface area contributed by atoms with E-state index in [9.17, 15) is 4.79 Å². The summed E-state index contributed by atoms with van der Waals surface area (Å²) in [7, 11) is 1.36. The smallest absolute Gasteiger partial charge is 0.119 e. The summed E-state index contributed by atoms with van der Waals surface area (Å²) in [6.45, 7) is 0. The van der Waals surface area contributed by atoms with E-state index in [1.165, 1.54) is 48.4 Å². The molecule has 0 bridgehead atoms. The van der Waals surface area contributed by atoms with Crippen LogP contribution < -0.4 is 0 Å². The highest BCUT2D eigenvalue weighted by Crippen LogP contribution is 2.06. The normalized spacial score (nSPS) is 10.2. The summed E-state index contributed by atoms with van der Waals surface area (Å²) >= 11 is 0. The minimum absolute atomic E-state index is 0.765. The van der Waals surface area contributed by atoms with E-state index < -0.39 is 0 Å². The average molecular weight is 172 g/mol. The Morgan fingerprint density at radius 1 is 0.909 bits per heavy atom. The first kappa shape index (κ1) is 10.9. The second-order valence-corrected chi connectivity index (χ2v) is 4.08. The molecule has 2 heteroatoms. The first-order valence-electron chi connectivity index (χ1n) is 4.85. The summed E-state index contributed by atoms with van der Waals surface area (Å²) in [4.78, 5) is 9.94. The predicted molar refractivity (Wildman–Crippen MR) is 53.1 cm³/mol. The highest BCUT2D eigenvalue weighted by molar-refractivity contribution is 6.08. The molecule has 0 aromatic heterocycles. The van der Waals surface area contributed by atoms with Gasteiger partial charge in [0.2, 0.25) is 0 Å². The van der Waals surface area contributed by atoms with Crippen molar-refractivity contribution in [1.29, 1.82) is 0 Å². The van der Waals surface area contributed by atoms with Gasteiger partial charge in [-0.1, -0.05) is 38.1 Å². The lowest BCUT2D eigenvalue weighted by atomic mass is 10.1. The van der Waals surface area contributed by atoms with Crippen LogP contribution in [0.4, 0.5) is 0 Å². The maximum atomic E-state index is 9.94. The van der Waals surface area contributed by atoms with Crippen LogP contribution in [-0.4, -0.2) is 16.5 Å². The molecule has 66 valence electrons. The summed E-state index contributed by atoms with van der Waals surface area (Å²) in [6.07, 6.45) is 9.68. The Bertz CT molecular complexity index is 83.6. The lowest BCUT2D eigenvalue weighted by Gasteiger charge is -1.97. The van der Waals surface area contributed by atoms with E-state index in [0.717, 1.165) is 19.1 Å². The van der Waals surface area contributed by atoms with Crippen LogP contribution in [0.2, 0.25) is 6.04 Å². The number of hydrogen-bond donors (Lipinski definition) is 0. The SMILES string of the molecule is O=CCCCCCCCC[SiH3]. The molecule has 0 rings (SSSR count). The number of carbonyl (C=O) groups is 1. The van der Waals surface area contributed by atoms with Crippen molar-refractivity contribution < 1.29 is 4.79 Å².